The van der Waals surface area contributed by atoms with Gasteiger partial charge in [0.25, 0.3) is 0 Å². The van der Waals surface area contributed by atoms with Crippen molar-refractivity contribution in [1.82, 2.24) is 0 Å². The van der Waals surface area contributed by atoms with E-state index in [0.29, 0.717) is 24.9 Å². The number of carbonyl (C=O) groups is 1. The van der Waals surface area contributed by atoms with E-state index in [-0.39, 0.29) is 23.7 Å². The number of anilines is 1. The van der Waals surface area contributed by atoms with Crippen LogP contribution in [-0.4, -0.2) is 18.1 Å². The molecule has 32 heavy (non-hydrogen) atoms. The fourth-order valence-corrected chi connectivity index (χ4v) is 4.28. The van der Waals surface area contributed by atoms with Gasteiger partial charge >= 0.3 is 0 Å². The summed E-state index contributed by atoms with van der Waals surface area (Å²) in [7, 11) is 1.62. The molecule has 3 N–H and O–H groups in total. The molecule has 6 heteroatoms. The minimum Gasteiger partial charge on any atom is -0.497 e. The second-order valence-corrected chi connectivity index (χ2v) is 8.05. The molecule has 166 valence electrons. The van der Waals surface area contributed by atoms with Crippen molar-refractivity contribution >= 4 is 11.6 Å². The Balaban J connectivity index is 1.55. The highest BCUT2D eigenvalue weighted by molar-refractivity contribution is 6.03. The third-order valence-electron chi connectivity index (χ3n) is 6.13. The molecular weight excluding hydrogens is 407 g/mol. The van der Waals surface area contributed by atoms with Gasteiger partial charge in [-0.2, -0.15) is 0 Å². The molecule has 3 aromatic rings. The Morgan fingerprint density at radius 3 is 2.28 bits per heavy atom. The molecule has 0 aromatic heterocycles. The Morgan fingerprint density at radius 1 is 1.03 bits per heavy atom. The normalized spacial score (nSPS) is 18.9. The molecule has 5 nitrogen and oxygen atoms in total. The van der Waals surface area contributed by atoms with Gasteiger partial charge in [0, 0.05) is 12.2 Å². The van der Waals surface area contributed by atoms with Crippen molar-refractivity contribution in [2.75, 3.05) is 12.0 Å². The predicted molar refractivity (Wildman–Crippen MR) is 122 cm³/mol. The Bertz CT molecular complexity index is 1050. The third kappa shape index (κ3) is 4.38. The highest BCUT2D eigenvalue weighted by Crippen LogP contribution is 2.46. The highest BCUT2D eigenvalue weighted by Gasteiger charge is 2.48. The van der Waals surface area contributed by atoms with Crippen molar-refractivity contribution < 1.29 is 19.0 Å². The fourth-order valence-electron chi connectivity index (χ4n) is 4.28. The van der Waals surface area contributed by atoms with Crippen LogP contribution in [0.3, 0.4) is 0 Å². The van der Waals surface area contributed by atoms with Gasteiger partial charge in [-0.1, -0.05) is 36.4 Å². The van der Waals surface area contributed by atoms with Gasteiger partial charge in [-0.25, -0.2) is 4.39 Å². The number of ether oxygens (including phenoxy) is 1. The maximum atomic E-state index is 13.2. The monoisotopic (exact) mass is 434 g/mol. The van der Waals surface area contributed by atoms with E-state index in [4.69, 9.17) is 10.5 Å². The molecule has 1 aliphatic heterocycles. The first kappa shape index (κ1) is 22.0. The Morgan fingerprint density at radius 2 is 1.69 bits per heavy atom. The molecule has 3 atom stereocenters. The lowest BCUT2D eigenvalue weighted by atomic mass is 9.78. The second kappa shape index (κ2) is 9.51. The SMILES string of the molecule is COc1ccc(C2C(CC[C@H](O)c3ccc(F)cc3)C(=O)N2c2ccc(CN)cc2)cc1. The number of amides is 1. The Hall–Kier alpha value is -3.22. The number of hydrogen-bond donors (Lipinski definition) is 2. The summed E-state index contributed by atoms with van der Waals surface area (Å²) in [5.74, 6) is 0.179. The summed E-state index contributed by atoms with van der Waals surface area (Å²) in [4.78, 5) is 15.0. The first-order valence-corrected chi connectivity index (χ1v) is 10.7. The van der Waals surface area contributed by atoms with E-state index in [9.17, 15) is 14.3 Å². The van der Waals surface area contributed by atoms with Gasteiger partial charge < -0.3 is 20.5 Å². The number of β-lactam (4-membered cyclic amide) rings is 1. The lowest BCUT2D eigenvalue weighted by Crippen LogP contribution is -2.55. The summed E-state index contributed by atoms with van der Waals surface area (Å²) in [5.41, 5.74) is 9.18. The molecule has 1 aliphatic rings. The van der Waals surface area contributed by atoms with Crippen molar-refractivity contribution in [2.45, 2.75) is 31.5 Å². The van der Waals surface area contributed by atoms with E-state index in [1.165, 1.54) is 12.1 Å². The van der Waals surface area contributed by atoms with Gasteiger partial charge in [-0.05, 0) is 65.9 Å². The number of benzene rings is 3. The van der Waals surface area contributed by atoms with E-state index >= 15 is 0 Å². The minimum absolute atomic E-state index is 0.0256. The first-order chi connectivity index (χ1) is 15.5. The van der Waals surface area contributed by atoms with Crippen molar-refractivity contribution in [3.05, 3.63) is 95.3 Å². The van der Waals surface area contributed by atoms with Gasteiger partial charge in [0.1, 0.15) is 11.6 Å². The lowest BCUT2D eigenvalue weighted by Gasteiger charge is -2.48. The van der Waals surface area contributed by atoms with Crippen LogP contribution in [-0.2, 0) is 11.3 Å². The summed E-state index contributed by atoms with van der Waals surface area (Å²) < 4.78 is 18.4. The van der Waals surface area contributed by atoms with Crippen LogP contribution in [0.5, 0.6) is 5.75 Å². The fraction of sp³-hybridized carbons (Fsp3) is 0.269. The Kier molecular flexibility index (Phi) is 6.53. The molecule has 0 bridgehead atoms. The van der Waals surface area contributed by atoms with Gasteiger partial charge in [-0.15, -0.1) is 0 Å². The van der Waals surface area contributed by atoms with Crippen LogP contribution in [0, 0.1) is 11.7 Å². The van der Waals surface area contributed by atoms with Crippen LogP contribution in [0.2, 0.25) is 0 Å². The van der Waals surface area contributed by atoms with Gasteiger partial charge in [-0.3, -0.25) is 4.79 Å². The molecule has 2 unspecified atom stereocenters. The largest absolute Gasteiger partial charge is 0.497 e. The molecule has 1 amide bonds. The molecular formula is C26H27FN2O3. The van der Waals surface area contributed by atoms with Crippen LogP contribution >= 0.6 is 0 Å². The summed E-state index contributed by atoms with van der Waals surface area (Å²) >= 11 is 0. The molecule has 0 saturated carbocycles. The number of carbonyl (C=O) groups excluding carboxylic acids is 1. The number of halogens is 1. The number of aliphatic hydroxyl groups is 1. The zero-order chi connectivity index (χ0) is 22.7. The molecule has 4 rings (SSSR count). The summed E-state index contributed by atoms with van der Waals surface area (Å²) in [5, 5.41) is 10.6. The first-order valence-electron chi connectivity index (χ1n) is 10.7. The molecule has 1 saturated heterocycles. The average molecular weight is 435 g/mol. The smallest absolute Gasteiger partial charge is 0.233 e. The number of rotatable bonds is 8. The standard InChI is InChI=1S/C26H27FN2O3/c1-32-22-12-6-19(7-13-22)25-23(14-15-24(30)18-4-8-20(27)9-5-18)26(31)29(25)21-10-2-17(16-28)3-11-21/h2-13,23-25,30H,14-16,28H2,1H3/t23?,24-,25?/m0/s1. The summed E-state index contributed by atoms with van der Waals surface area (Å²) in [6.07, 6.45) is 0.179. The quantitative estimate of drug-likeness (QED) is 0.512. The van der Waals surface area contributed by atoms with E-state index in [0.717, 1.165) is 22.6 Å². The van der Waals surface area contributed by atoms with Crippen LogP contribution in [0.1, 0.15) is 41.7 Å². The minimum atomic E-state index is -0.752. The number of hydrogen-bond acceptors (Lipinski definition) is 4. The van der Waals surface area contributed by atoms with Gasteiger partial charge in [0.2, 0.25) is 5.91 Å². The number of methoxy groups -OCH3 is 1. The number of aliphatic hydroxyl groups excluding tert-OH is 1. The maximum Gasteiger partial charge on any atom is 0.233 e. The second-order valence-electron chi connectivity index (χ2n) is 8.05. The molecule has 1 heterocycles. The topological polar surface area (TPSA) is 75.8 Å². The highest BCUT2D eigenvalue weighted by atomic mass is 19.1. The molecule has 1 fully saturated rings. The van der Waals surface area contributed by atoms with Crippen molar-refractivity contribution in [2.24, 2.45) is 11.7 Å². The molecule has 0 radical (unpaired) electrons. The molecule has 0 aliphatic carbocycles. The molecule has 3 aromatic carbocycles. The number of nitrogens with zero attached hydrogens (tertiary/aromatic N) is 1. The van der Waals surface area contributed by atoms with Crippen LogP contribution in [0.25, 0.3) is 0 Å². The predicted octanol–water partition coefficient (Wildman–Crippen LogP) is 4.51. The Labute approximate surface area is 187 Å². The van der Waals surface area contributed by atoms with Gasteiger partial charge in [0.05, 0.1) is 25.2 Å². The zero-order valence-corrected chi connectivity index (χ0v) is 17.9. The lowest BCUT2D eigenvalue weighted by molar-refractivity contribution is -0.131. The number of nitrogens with two attached hydrogens (primary N) is 1. The maximum absolute atomic E-state index is 13.2. The van der Waals surface area contributed by atoms with Crippen molar-refractivity contribution in [1.29, 1.82) is 0 Å². The summed E-state index contributed by atoms with van der Waals surface area (Å²) in [6.45, 7) is 0.444. The van der Waals surface area contributed by atoms with E-state index in [2.05, 4.69) is 0 Å². The average Bonchev–Trinajstić information content (AvgIpc) is 2.83. The van der Waals surface area contributed by atoms with Crippen LogP contribution < -0.4 is 15.4 Å². The zero-order valence-electron chi connectivity index (χ0n) is 17.9. The summed E-state index contributed by atoms with van der Waals surface area (Å²) in [6, 6.07) is 21.1. The van der Waals surface area contributed by atoms with Crippen molar-refractivity contribution in [3.63, 3.8) is 0 Å². The van der Waals surface area contributed by atoms with Crippen LogP contribution in [0.4, 0.5) is 10.1 Å². The van der Waals surface area contributed by atoms with Crippen molar-refractivity contribution in [3.8, 4) is 5.75 Å². The van der Waals surface area contributed by atoms with E-state index in [1.807, 2.05) is 48.5 Å². The van der Waals surface area contributed by atoms with E-state index < -0.39 is 6.10 Å². The van der Waals surface area contributed by atoms with E-state index in [1.54, 1.807) is 24.1 Å². The third-order valence-corrected chi connectivity index (χ3v) is 6.13. The van der Waals surface area contributed by atoms with Crippen LogP contribution in [0.15, 0.2) is 72.8 Å². The van der Waals surface area contributed by atoms with Gasteiger partial charge in [0.15, 0.2) is 0 Å². The molecule has 0 spiro atoms.